The van der Waals surface area contributed by atoms with E-state index in [2.05, 4.69) is 29.9 Å². The van der Waals surface area contributed by atoms with Gasteiger partial charge in [-0.1, -0.05) is 0 Å². The van der Waals surface area contributed by atoms with Crippen molar-refractivity contribution in [1.29, 1.82) is 0 Å². The average Bonchev–Trinajstić information content (AvgIpc) is 2.81. The zero-order valence-corrected chi connectivity index (χ0v) is 17.6. The van der Waals surface area contributed by atoms with E-state index >= 15 is 0 Å². The van der Waals surface area contributed by atoms with Crippen molar-refractivity contribution in [2.75, 3.05) is 0 Å². The molecule has 12 N–H and O–H groups in total. The average molecular weight is 492 g/mol. The first-order chi connectivity index (χ1) is 16.8. The standard InChI is InChI=1S/C18H12N12O6/c19-13(31)7-8(14(20)32)26-2-1(25-7)3-5(28-10(16(22)34)9(27-3)15(21)33)6-4(2)29-11(17(23)35)12(30-6)18(24)36/h(H2,19,31)(H2,20,32)(H2,21,33)(H2,22,34)(H2,23,35)(H2,24,36). The fourth-order valence-corrected chi connectivity index (χ4v) is 3.33. The number of benzene rings is 1. The molecule has 18 nitrogen and oxygen atoms in total. The van der Waals surface area contributed by atoms with Crippen LogP contribution in [0.15, 0.2) is 0 Å². The van der Waals surface area contributed by atoms with Crippen LogP contribution in [0.25, 0.3) is 33.1 Å². The summed E-state index contributed by atoms with van der Waals surface area (Å²) >= 11 is 0. The third-order valence-corrected chi connectivity index (χ3v) is 4.76. The van der Waals surface area contributed by atoms with Crippen molar-refractivity contribution in [3.05, 3.63) is 34.2 Å². The Morgan fingerprint density at radius 2 is 0.417 bits per heavy atom. The second-order valence-corrected chi connectivity index (χ2v) is 7.04. The predicted octanol–water partition coefficient (Wildman–Crippen LogP) is -3.89. The van der Waals surface area contributed by atoms with E-state index in [0.29, 0.717) is 0 Å². The van der Waals surface area contributed by atoms with Crippen molar-refractivity contribution in [2.45, 2.75) is 0 Å². The maximum absolute atomic E-state index is 12.0. The number of amides is 6. The van der Waals surface area contributed by atoms with Crippen molar-refractivity contribution < 1.29 is 28.8 Å². The molecular weight excluding hydrogens is 480 g/mol. The Morgan fingerprint density at radius 3 is 0.500 bits per heavy atom. The monoisotopic (exact) mass is 492 g/mol. The van der Waals surface area contributed by atoms with Crippen LogP contribution < -0.4 is 34.4 Å². The van der Waals surface area contributed by atoms with Crippen LogP contribution in [-0.4, -0.2) is 65.3 Å². The highest BCUT2D eigenvalue weighted by Gasteiger charge is 2.28. The molecule has 0 aliphatic carbocycles. The topological polar surface area (TPSA) is 336 Å². The van der Waals surface area contributed by atoms with Crippen molar-refractivity contribution in [1.82, 2.24) is 29.9 Å². The summed E-state index contributed by atoms with van der Waals surface area (Å²) in [6.45, 7) is 0. The van der Waals surface area contributed by atoms with Gasteiger partial charge in [-0.05, 0) is 0 Å². The van der Waals surface area contributed by atoms with E-state index in [1.165, 1.54) is 0 Å². The summed E-state index contributed by atoms with van der Waals surface area (Å²) in [4.78, 5) is 95.7. The number of carbonyl (C=O) groups excluding carboxylic acids is 6. The zero-order chi connectivity index (χ0) is 26.6. The lowest BCUT2D eigenvalue weighted by atomic mass is 10.1. The van der Waals surface area contributed by atoms with E-state index in [1.54, 1.807) is 0 Å². The normalized spacial score (nSPS) is 11.0. The van der Waals surface area contributed by atoms with Crippen LogP contribution in [0.1, 0.15) is 62.9 Å². The maximum Gasteiger partial charge on any atom is 0.269 e. The summed E-state index contributed by atoms with van der Waals surface area (Å²) in [5, 5.41) is 0. The van der Waals surface area contributed by atoms with Gasteiger partial charge in [0.2, 0.25) is 0 Å². The number of carbonyl (C=O) groups is 6. The van der Waals surface area contributed by atoms with E-state index in [-0.39, 0.29) is 33.1 Å². The van der Waals surface area contributed by atoms with Gasteiger partial charge in [0.25, 0.3) is 35.4 Å². The maximum atomic E-state index is 12.0. The van der Waals surface area contributed by atoms with E-state index in [4.69, 9.17) is 34.4 Å². The summed E-state index contributed by atoms with van der Waals surface area (Å²) in [5.74, 6) is -7.27. The fourth-order valence-electron chi connectivity index (χ4n) is 3.33. The molecule has 180 valence electrons. The molecule has 0 saturated carbocycles. The van der Waals surface area contributed by atoms with Crippen molar-refractivity contribution in [2.24, 2.45) is 34.4 Å². The molecular formula is C18H12N12O6. The lowest BCUT2D eigenvalue weighted by Gasteiger charge is -2.13. The van der Waals surface area contributed by atoms with Crippen LogP contribution in [-0.2, 0) is 0 Å². The molecule has 18 heteroatoms. The molecule has 0 fully saturated rings. The smallest absolute Gasteiger partial charge is 0.269 e. The van der Waals surface area contributed by atoms with Crippen LogP contribution in [0.5, 0.6) is 0 Å². The molecule has 3 aromatic heterocycles. The number of nitrogens with two attached hydrogens (primary N) is 6. The van der Waals surface area contributed by atoms with Crippen LogP contribution in [0.2, 0.25) is 0 Å². The largest absolute Gasteiger partial charge is 0.364 e. The molecule has 0 aliphatic rings. The Kier molecular flexibility index (Phi) is 5.05. The molecule has 0 bridgehead atoms. The lowest BCUT2D eigenvalue weighted by Crippen LogP contribution is -2.26. The van der Waals surface area contributed by atoms with Gasteiger partial charge >= 0.3 is 0 Å². The molecule has 0 saturated heterocycles. The van der Waals surface area contributed by atoms with Gasteiger partial charge < -0.3 is 34.4 Å². The first-order valence-corrected chi connectivity index (χ1v) is 9.39. The van der Waals surface area contributed by atoms with Crippen LogP contribution in [0.4, 0.5) is 0 Å². The van der Waals surface area contributed by atoms with Gasteiger partial charge in [-0.3, -0.25) is 28.8 Å². The predicted molar refractivity (Wildman–Crippen MR) is 117 cm³/mol. The zero-order valence-electron chi connectivity index (χ0n) is 17.6. The van der Waals surface area contributed by atoms with Gasteiger partial charge in [-0.15, -0.1) is 0 Å². The SMILES string of the molecule is NC(=O)c1nc2c3nc(C(N)=O)c(C(N)=O)nc3c3nc(C(N)=O)c(C(N)=O)nc3c2nc1C(N)=O. The number of aromatic nitrogens is 6. The minimum atomic E-state index is -1.21. The number of hydrogen-bond donors (Lipinski definition) is 6. The second kappa shape index (κ2) is 7.83. The summed E-state index contributed by atoms with van der Waals surface area (Å²) < 4.78 is 0. The van der Waals surface area contributed by atoms with Crippen LogP contribution >= 0.6 is 0 Å². The number of fused-ring (bicyclic) bond motifs is 6. The molecule has 4 aromatic rings. The summed E-state index contributed by atoms with van der Waals surface area (Å²) in [6.07, 6.45) is 0. The van der Waals surface area contributed by atoms with Gasteiger partial charge in [0.1, 0.15) is 33.1 Å². The number of nitrogens with zero attached hydrogens (tertiary/aromatic N) is 6. The Morgan fingerprint density at radius 1 is 0.306 bits per heavy atom. The first kappa shape index (κ1) is 23.2. The van der Waals surface area contributed by atoms with E-state index < -0.39 is 69.6 Å². The highest BCUT2D eigenvalue weighted by Crippen LogP contribution is 2.31. The molecule has 3 heterocycles. The van der Waals surface area contributed by atoms with Crippen molar-refractivity contribution >= 4 is 68.5 Å². The molecule has 1 aromatic carbocycles. The van der Waals surface area contributed by atoms with E-state index in [1.807, 2.05) is 0 Å². The highest BCUT2D eigenvalue weighted by atomic mass is 16.2. The van der Waals surface area contributed by atoms with Crippen LogP contribution in [0.3, 0.4) is 0 Å². The molecule has 36 heavy (non-hydrogen) atoms. The molecule has 0 atom stereocenters. The third-order valence-electron chi connectivity index (χ3n) is 4.76. The molecule has 6 amide bonds. The summed E-state index contributed by atoms with van der Waals surface area (Å²) in [6, 6.07) is 0. The quantitative estimate of drug-likeness (QED) is 0.141. The molecule has 4 rings (SSSR count). The second-order valence-electron chi connectivity index (χ2n) is 7.04. The lowest BCUT2D eigenvalue weighted by molar-refractivity contribution is 0.0959. The fraction of sp³-hybridized carbons (Fsp3) is 0. The van der Waals surface area contributed by atoms with Crippen molar-refractivity contribution in [3.63, 3.8) is 0 Å². The summed E-state index contributed by atoms with van der Waals surface area (Å²) in [7, 11) is 0. The van der Waals surface area contributed by atoms with Gasteiger partial charge in [-0.2, -0.15) is 0 Å². The molecule has 0 spiro atoms. The molecule has 0 aliphatic heterocycles. The number of rotatable bonds is 6. The molecule has 0 radical (unpaired) electrons. The Labute approximate surface area is 196 Å². The number of hydrogen-bond acceptors (Lipinski definition) is 12. The van der Waals surface area contributed by atoms with Gasteiger partial charge in [-0.25, -0.2) is 29.9 Å². The number of primary amides is 6. The highest BCUT2D eigenvalue weighted by molar-refractivity contribution is 6.22. The van der Waals surface area contributed by atoms with Crippen molar-refractivity contribution in [3.8, 4) is 0 Å². The third kappa shape index (κ3) is 3.37. The minimum Gasteiger partial charge on any atom is -0.364 e. The summed E-state index contributed by atoms with van der Waals surface area (Å²) in [5.41, 5.74) is 25.6. The van der Waals surface area contributed by atoms with Gasteiger partial charge in [0, 0.05) is 0 Å². The Hall–Kier alpha value is -5.94. The minimum absolute atomic E-state index is 0.348. The van der Waals surface area contributed by atoms with Gasteiger partial charge in [0.05, 0.1) is 0 Å². The van der Waals surface area contributed by atoms with E-state index in [9.17, 15) is 28.8 Å². The van der Waals surface area contributed by atoms with Crippen LogP contribution in [0, 0.1) is 0 Å². The Bertz CT molecular complexity index is 1410. The molecule has 0 unspecified atom stereocenters. The van der Waals surface area contributed by atoms with E-state index in [0.717, 1.165) is 0 Å². The Balaban J connectivity index is 2.42. The van der Waals surface area contributed by atoms with Gasteiger partial charge in [0.15, 0.2) is 34.2 Å². The first-order valence-electron chi connectivity index (χ1n) is 9.39.